The van der Waals surface area contributed by atoms with Crippen LogP contribution in [0.4, 0.5) is 10.2 Å². The number of anilines is 1. The smallest absolute Gasteiger partial charge is 0.258 e. The third-order valence-corrected chi connectivity index (χ3v) is 2.77. The van der Waals surface area contributed by atoms with E-state index in [1.54, 1.807) is 24.4 Å². The number of benzene rings is 1. The number of aromatic nitrogens is 1. The van der Waals surface area contributed by atoms with Gasteiger partial charge in [-0.05, 0) is 46.3 Å². The normalized spacial score (nSPS) is 10.0. The van der Waals surface area contributed by atoms with E-state index in [1.807, 2.05) is 0 Å². The standard InChI is InChI=1S/C12H8BrFN2O/c13-10-5-4-8(14)7-9(10)12(17)16-11-3-1-2-6-15-11/h1-7H,(H,15,16,17). The predicted molar refractivity (Wildman–Crippen MR) is 66.3 cm³/mol. The van der Waals surface area contributed by atoms with Gasteiger partial charge in [0.05, 0.1) is 5.56 Å². The maximum atomic E-state index is 13.0. The molecule has 0 aliphatic rings. The minimum Gasteiger partial charge on any atom is -0.307 e. The molecule has 1 aromatic heterocycles. The second-order valence-corrected chi connectivity index (χ2v) is 4.15. The van der Waals surface area contributed by atoms with Crippen molar-refractivity contribution in [3.05, 3.63) is 58.4 Å². The van der Waals surface area contributed by atoms with Gasteiger partial charge < -0.3 is 5.32 Å². The molecule has 0 fully saturated rings. The number of hydrogen-bond acceptors (Lipinski definition) is 2. The number of pyridine rings is 1. The first-order valence-electron chi connectivity index (χ1n) is 4.84. The summed E-state index contributed by atoms with van der Waals surface area (Å²) < 4.78 is 13.6. The predicted octanol–water partition coefficient (Wildman–Crippen LogP) is 3.24. The van der Waals surface area contributed by atoms with Crippen molar-refractivity contribution in [1.29, 1.82) is 0 Å². The van der Waals surface area contributed by atoms with E-state index in [-0.39, 0.29) is 5.56 Å². The molecule has 1 amide bonds. The van der Waals surface area contributed by atoms with Gasteiger partial charge in [0.15, 0.2) is 0 Å². The molecule has 1 heterocycles. The number of amides is 1. The SMILES string of the molecule is O=C(Nc1ccccn1)c1cc(F)ccc1Br. The minimum atomic E-state index is -0.459. The molecule has 0 atom stereocenters. The van der Waals surface area contributed by atoms with Gasteiger partial charge in [-0.25, -0.2) is 9.37 Å². The van der Waals surface area contributed by atoms with Crippen LogP contribution in [0.3, 0.4) is 0 Å². The van der Waals surface area contributed by atoms with Gasteiger partial charge in [-0.2, -0.15) is 0 Å². The first-order valence-corrected chi connectivity index (χ1v) is 5.63. The van der Waals surface area contributed by atoms with Crippen LogP contribution in [0.25, 0.3) is 0 Å². The molecule has 5 heteroatoms. The number of halogens is 2. The average Bonchev–Trinajstić information content (AvgIpc) is 2.33. The van der Waals surface area contributed by atoms with Crippen LogP contribution in [-0.4, -0.2) is 10.9 Å². The first-order chi connectivity index (χ1) is 8.16. The molecule has 0 spiro atoms. The van der Waals surface area contributed by atoms with Gasteiger partial charge in [-0.15, -0.1) is 0 Å². The monoisotopic (exact) mass is 294 g/mol. The van der Waals surface area contributed by atoms with E-state index in [1.165, 1.54) is 18.2 Å². The van der Waals surface area contributed by atoms with Gasteiger partial charge >= 0.3 is 0 Å². The summed E-state index contributed by atoms with van der Waals surface area (Å²) in [6, 6.07) is 9.09. The van der Waals surface area contributed by atoms with Crippen molar-refractivity contribution >= 4 is 27.7 Å². The lowest BCUT2D eigenvalue weighted by Gasteiger charge is -2.05. The summed E-state index contributed by atoms with van der Waals surface area (Å²) in [6.07, 6.45) is 1.57. The number of nitrogens with one attached hydrogen (secondary N) is 1. The fourth-order valence-electron chi connectivity index (χ4n) is 1.29. The third kappa shape index (κ3) is 2.88. The van der Waals surface area contributed by atoms with Crippen LogP contribution in [0.1, 0.15) is 10.4 Å². The van der Waals surface area contributed by atoms with Gasteiger partial charge in [-0.1, -0.05) is 6.07 Å². The Morgan fingerprint density at radius 3 is 2.82 bits per heavy atom. The first kappa shape index (κ1) is 11.7. The number of nitrogens with zero attached hydrogens (tertiary/aromatic N) is 1. The summed E-state index contributed by atoms with van der Waals surface area (Å²) in [5.41, 5.74) is 0.232. The van der Waals surface area contributed by atoms with Crippen LogP contribution < -0.4 is 5.32 Å². The van der Waals surface area contributed by atoms with Crippen LogP contribution in [0.15, 0.2) is 47.1 Å². The Morgan fingerprint density at radius 2 is 2.12 bits per heavy atom. The summed E-state index contributed by atoms with van der Waals surface area (Å²) in [5.74, 6) is -0.442. The largest absolute Gasteiger partial charge is 0.307 e. The Morgan fingerprint density at radius 1 is 1.29 bits per heavy atom. The molecule has 0 radical (unpaired) electrons. The molecule has 17 heavy (non-hydrogen) atoms. The van der Waals surface area contributed by atoms with E-state index in [0.717, 1.165) is 0 Å². The van der Waals surface area contributed by atoms with Crippen molar-refractivity contribution < 1.29 is 9.18 Å². The molecule has 1 aromatic carbocycles. The topological polar surface area (TPSA) is 42.0 Å². The van der Waals surface area contributed by atoms with Gasteiger partial charge in [-0.3, -0.25) is 4.79 Å². The molecule has 0 bridgehead atoms. The van der Waals surface area contributed by atoms with E-state index >= 15 is 0 Å². The van der Waals surface area contributed by atoms with Crippen molar-refractivity contribution in [3.63, 3.8) is 0 Å². The molecule has 2 aromatic rings. The fourth-order valence-corrected chi connectivity index (χ4v) is 1.72. The minimum absolute atomic E-state index is 0.232. The van der Waals surface area contributed by atoms with Crippen molar-refractivity contribution in [2.24, 2.45) is 0 Å². The van der Waals surface area contributed by atoms with Crippen LogP contribution in [0.2, 0.25) is 0 Å². The maximum absolute atomic E-state index is 13.0. The molecule has 3 nitrogen and oxygen atoms in total. The molecule has 0 aliphatic heterocycles. The number of carbonyl (C=O) groups excluding carboxylic acids is 1. The molecule has 0 saturated carbocycles. The number of rotatable bonds is 2. The quantitative estimate of drug-likeness (QED) is 0.924. The van der Waals surface area contributed by atoms with Crippen LogP contribution >= 0.6 is 15.9 Å². The summed E-state index contributed by atoms with van der Waals surface area (Å²) in [7, 11) is 0. The van der Waals surface area contributed by atoms with Gasteiger partial charge in [0, 0.05) is 10.7 Å². The zero-order valence-electron chi connectivity index (χ0n) is 8.65. The molecular formula is C12H8BrFN2O. The van der Waals surface area contributed by atoms with E-state index in [4.69, 9.17) is 0 Å². The van der Waals surface area contributed by atoms with Crippen molar-refractivity contribution in [2.45, 2.75) is 0 Å². The Balaban J connectivity index is 2.23. The van der Waals surface area contributed by atoms with Crippen molar-refractivity contribution in [3.8, 4) is 0 Å². The number of carbonyl (C=O) groups is 1. The third-order valence-electron chi connectivity index (χ3n) is 2.08. The highest BCUT2D eigenvalue weighted by Gasteiger charge is 2.11. The zero-order valence-corrected chi connectivity index (χ0v) is 10.2. The summed E-state index contributed by atoms with van der Waals surface area (Å²) in [6.45, 7) is 0. The van der Waals surface area contributed by atoms with E-state index in [9.17, 15) is 9.18 Å². The van der Waals surface area contributed by atoms with E-state index in [2.05, 4.69) is 26.2 Å². The molecular weight excluding hydrogens is 287 g/mol. The van der Waals surface area contributed by atoms with Gasteiger partial charge in [0.2, 0.25) is 0 Å². The van der Waals surface area contributed by atoms with Crippen LogP contribution in [0, 0.1) is 5.82 Å². The highest BCUT2D eigenvalue weighted by atomic mass is 79.9. The maximum Gasteiger partial charge on any atom is 0.258 e. The van der Waals surface area contributed by atoms with Crippen LogP contribution in [0.5, 0.6) is 0 Å². The molecule has 0 saturated heterocycles. The lowest BCUT2D eigenvalue weighted by Crippen LogP contribution is -2.13. The Kier molecular flexibility index (Phi) is 3.49. The molecule has 0 unspecified atom stereocenters. The lowest BCUT2D eigenvalue weighted by molar-refractivity contribution is 0.102. The zero-order chi connectivity index (χ0) is 12.3. The van der Waals surface area contributed by atoms with Gasteiger partial charge in [0.1, 0.15) is 11.6 Å². The molecule has 2 rings (SSSR count). The molecule has 86 valence electrons. The highest BCUT2D eigenvalue weighted by molar-refractivity contribution is 9.10. The number of hydrogen-bond donors (Lipinski definition) is 1. The summed E-state index contributed by atoms with van der Waals surface area (Å²) in [4.78, 5) is 15.8. The summed E-state index contributed by atoms with van der Waals surface area (Å²) >= 11 is 3.20. The fraction of sp³-hybridized carbons (Fsp3) is 0. The Bertz CT molecular complexity index is 545. The Hall–Kier alpha value is -1.75. The average molecular weight is 295 g/mol. The van der Waals surface area contributed by atoms with E-state index < -0.39 is 11.7 Å². The summed E-state index contributed by atoms with van der Waals surface area (Å²) in [5, 5.41) is 2.58. The van der Waals surface area contributed by atoms with Crippen molar-refractivity contribution in [2.75, 3.05) is 5.32 Å². The second-order valence-electron chi connectivity index (χ2n) is 3.29. The highest BCUT2D eigenvalue weighted by Crippen LogP contribution is 2.18. The van der Waals surface area contributed by atoms with Gasteiger partial charge in [0.25, 0.3) is 5.91 Å². The lowest BCUT2D eigenvalue weighted by atomic mass is 10.2. The van der Waals surface area contributed by atoms with E-state index in [0.29, 0.717) is 10.3 Å². The molecule has 0 aliphatic carbocycles. The Labute approximate surface area is 106 Å². The molecule has 1 N–H and O–H groups in total. The van der Waals surface area contributed by atoms with Crippen molar-refractivity contribution in [1.82, 2.24) is 4.98 Å². The second kappa shape index (κ2) is 5.05. The van der Waals surface area contributed by atoms with Crippen LogP contribution in [-0.2, 0) is 0 Å².